The van der Waals surface area contributed by atoms with Crippen LogP contribution in [0.5, 0.6) is 0 Å². The summed E-state index contributed by atoms with van der Waals surface area (Å²) < 4.78 is 7.03. The summed E-state index contributed by atoms with van der Waals surface area (Å²) >= 11 is 6.68. The molecule has 0 aliphatic rings. The molecule has 0 aliphatic heterocycles. The summed E-state index contributed by atoms with van der Waals surface area (Å²) in [5.41, 5.74) is 2.22. The van der Waals surface area contributed by atoms with Gasteiger partial charge in [-0.05, 0) is 49.4 Å². The molecule has 0 unspecified atom stereocenters. The highest BCUT2D eigenvalue weighted by Gasteiger charge is 2.06. The maximum Gasteiger partial charge on any atom is 0.184 e. The Hall–Kier alpha value is -0.870. The van der Waals surface area contributed by atoms with Crippen molar-refractivity contribution in [2.45, 2.75) is 19.8 Å². The molecule has 0 amide bonds. The molecule has 1 aromatic carbocycles. The quantitative estimate of drug-likeness (QED) is 0.638. The van der Waals surface area contributed by atoms with E-state index in [9.17, 15) is 0 Å². The standard InChI is InChI=1S/C14H13Br2NO/c1-9(2)11-5-3-4-6-13(11)17-8-10-7-12(15)14(16)18-10/h3-9H,1-2H3. The van der Waals surface area contributed by atoms with Crippen molar-refractivity contribution in [3.63, 3.8) is 0 Å². The van der Waals surface area contributed by atoms with Gasteiger partial charge in [-0.1, -0.05) is 32.0 Å². The van der Waals surface area contributed by atoms with Gasteiger partial charge < -0.3 is 4.42 Å². The first-order chi connectivity index (χ1) is 8.58. The number of benzene rings is 1. The Morgan fingerprint density at radius 2 is 1.94 bits per heavy atom. The van der Waals surface area contributed by atoms with Crippen LogP contribution in [0.1, 0.15) is 31.1 Å². The normalized spacial score (nSPS) is 11.6. The van der Waals surface area contributed by atoms with Gasteiger partial charge >= 0.3 is 0 Å². The van der Waals surface area contributed by atoms with E-state index in [1.807, 2.05) is 24.3 Å². The van der Waals surface area contributed by atoms with Crippen LogP contribution in [0, 0.1) is 0 Å². The number of nitrogens with zero attached hydrogens (tertiary/aromatic N) is 1. The van der Waals surface area contributed by atoms with Crippen LogP contribution in [0.4, 0.5) is 5.69 Å². The average molecular weight is 371 g/mol. The second-order valence-electron chi connectivity index (χ2n) is 4.24. The number of hydrogen-bond donors (Lipinski definition) is 0. The third kappa shape index (κ3) is 3.12. The fourth-order valence-electron chi connectivity index (χ4n) is 1.65. The zero-order chi connectivity index (χ0) is 13.1. The number of halogens is 2. The van der Waals surface area contributed by atoms with Gasteiger partial charge in [0.15, 0.2) is 4.67 Å². The second kappa shape index (κ2) is 5.85. The van der Waals surface area contributed by atoms with Crippen LogP contribution < -0.4 is 0 Å². The van der Waals surface area contributed by atoms with Gasteiger partial charge in [0, 0.05) is 6.07 Å². The molecule has 1 aromatic heterocycles. The zero-order valence-electron chi connectivity index (χ0n) is 10.2. The zero-order valence-corrected chi connectivity index (χ0v) is 13.3. The van der Waals surface area contributed by atoms with Crippen LogP contribution in [0.15, 0.2) is 48.9 Å². The van der Waals surface area contributed by atoms with Crippen LogP contribution in [0.25, 0.3) is 0 Å². The lowest BCUT2D eigenvalue weighted by Gasteiger charge is -2.07. The van der Waals surface area contributed by atoms with Gasteiger partial charge in [-0.15, -0.1) is 0 Å². The largest absolute Gasteiger partial charge is 0.447 e. The Balaban J connectivity index is 2.28. The molecule has 0 N–H and O–H groups in total. The summed E-state index contributed by atoms with van der Waals surface area (Å²) in [6.07, 6.45) is 1.73. The SMILES string of the molecule is CC(C)c1ccccc1N=Cc1cc(Br)c(Br)o1. The minimum atomic E-state index is 0.452. The summed E-state index contributed by atoms with van der Waals surface area (Å²) in [4.78, 5) is 4.49. The highest BCUT2D eigenvalue weighted by molar-refractivity contribution is 9.13. The highest BCUT2D eigenvalue weighted by Crippen LogP contribution is 2.28. The summed E-state index contributed by atoms with van der Waals surface area (Å²) in [5.74, 6) is 1.17. The Bertz CT molecular complexity index is 553. The smallest absolute Gasteiger partial charge is 0.184 e. The van der Waals surface area contributed by atoms with Crippen molar-refractivity contribution in [1.29, 1.82) is 0 Å². The van der Waals surface area contributed by atoms with Crippen molar-refractivity contribution in [1.82, 2.24) is 0 Å². The summed E-state index contributed by atoms with van der Waals surface area (Å²) in [7, 11) is 0. The van der Waals surface area contributed by atoms with Crippen molar-refractivity contribution >= 4 is 43.8 Å². The summed E-state index contributed by atoms with van der Waals surface area (Å²) in [6.45, 7) is 4.32. The van der Waals surface area contributed by atoms with E-state index in [1.54, 1.807) is 6.21 Å². The third-order valence-corrected chi connectivity index (χ3v) is 4.26. The maximum atomic E-state index is 5.46. The first-order valence-corrected chi connectivity index (χ1v) is 7.24. The molecular weight excluding hydrogens is 358 g/mol. The van der Waals surface area contributed by atoms with Crippen molar-refractivity contribution in [3.05, 3.63) is 50.8 Å². The molecule has 0 aliphatic carbocycles. The topological polar surface area (TPSA) is 25.5 Å². The van der Waals surface area contributed by atoms with Gasteiger partial charge in [0.2, 0.25) is 0 Å². The second-order valence-corrected chi connectivity index (χ2v) is 5.82. The van der Waals surface area contributed by atoms with E-state index < -0.39 is 0 Å². The van der Waals surface area contributed by atoms with Gasteiger partial charge in [-0.2, -0.15) is 0 Å². The summed E-state index contributed by atoms with van der Waals surface area (Å²) in [6, 6.07) is 10.0. The van der Waals surface area contributed by atoms with Crippen LogP contribution in [-0.4, -0.2) is 6.21 Å². The van der Waals surface area contributed by atoms with Gasteiger partial charge in [0.05, 0.1) is 16.4 Å². The van der Waals surface area contributed by atoms with Crippen LogP contribution >= 0.6 is 31.9 Å². The molecule has 1 heterocycles. The van der Waals surface area contributed by atoms with E-state index in [-0.39, 0.29) is 0 Å². The molecule has 2 rings (SSSR count). The summed E-state index contributed by atoms with van der Waals surface area (Å²) in [5, 5.41) is 0. The van der Waals surface area contributed by atoms with Crippen molar-refractivity contribution in [2.75, 3.05) is 0 Å². The lowest BCUT2D eigenvalue weighted by molar-refractivity contribution is 0.533. The number of furan rings is 1. The molecule has 0 atom stereocenters. The van der Waals surface area contributed by atoms with E-state index in [0.29, 0.717) is 16.3 Å². The molecule has 2 aromatic rings. The van der Waals surface area contributed by atoms with E-state index in [0.717, 1.165) is 10.2 Å². The molecule has 0 bridgehead atoms. The molecule has 0 fully saturated rings. The van der Waals surface area contributed by atoms with Crippen LogP contribution in [0.3, 0.4) is 0 Å². The highest BCUT2D eigenvalue weighted by atomic mass is 79.9. The van der Waals surface area contributed by atoms with Crippen molar-refractivity contribution in [2.24, 2.45) is 4.99 Å². The molecule has 0 radical (unpaired) electrons. The van der Waals surface area contributed by atoms with E-state index >= 15 is 0 Å². The van der Waals surface area contributed by atoms with Gasteiger partial charge in [0.1, 0.15) is 5.76 Å². The minimum absolute atomic E-state index is 0.452. The molecule has 0 saturated carbocycles. The number of para-hydroxylation sites is 1. The first kappa shape index (κ1) is 13.6. The molecule has 0 saturated heterocycles. The predicted octanol–water partition coefficient (Wildman–Crippen LogP) is 5.68. The van der Waals surface area contributed by atoms with Crippen LogP contribution in [0.2, 0.25) is 0 Å². The Morgan fingerprint density at radius 1 is 1.22 bits per heavy atom. The monoisotopic (exact) mass is 369 g/mol. The lowest BCUT2D eigenvalue weighted by Crippen LogP contribution is -1.87. The molecule has 2 nitrogen and oxygen atoms in total. The third-order valence-electron chi connectivity index (χ3n) is 2.55. The molecule has 0 spiro atoms. The fourth-order valence-corrected chi connectivity index (χ4v) is 2.26. The van der Waals surface area contributed by atoms with Gasteiger partial charge in [-0.25, -0.2) is 0 Å². The van der Waals surface area contributed by atoms with E-state index in [1.165, 1.54) is 5.56 Å². The molecule has 18 heavy (non-hydrogen) atoms. The Morgan fingerprint density at radius 3 is 2.56 bits per heavy atom. The molecule has 4 heteroatoms. The number of aliphatic imine (C=N–C) groups is 1. The average Bonchev–Trinajstić information content (AvgIpc) is 2.66. The number of hydrogen-bond acceptors (Lipinski definition) is 2. The van der Waals surface area contributed by atoms with E-state index in [2.05, 4.69) is 56.8 Å². The minimum Gasteiger partial charge on any atom is -0.447 e. The van der Waals surface area contributed by atoms with Crippen molar-refractivity contribution in [3.8, 4) is 0 Å². The fraction of sp³-hybridized carbons (Fsp3) is 0.214. The van der Waals surface area contributed by atoms with E-state index in [4.69, 9.17) is 4.42 Å². The van der Waals surface area contributed by atoms with Crippen LogP contribution in [-0.2, 0) is 0 Å². The molecule has 94 valence electrons. The first-order valence-electron chi connectivity index (χ1n) is 5.65. The van der Waals surface area contributed by atoms with Gasteiger partial charge in [-0.3, -0.25) is 4.99 Å². The molecular formula is C14H13Br2NO. The predicted molar refractivity (Wildman–Crippen MR) is 81.9 cm³/mol. The lowest BCUT2D eigenvalue weighted by atomic mass is 10.0. The Labute approximate surface area is 123 Å². The maximum absolute atomic E-state index is 5.46. The van der Waals surface area contributed by atoms with Crippen molar-refractivity contribution < 1.29 is 4.42 Å². The number of rotatable bonds is 3. The Kier molecular flexibility index (Phi) is 4.40. The van der Waals surface area contributed by atoms with Gasteiger partial charge in [0.25, 0.3) is 0 Å².